The molecule has 21 heavy (non-hydrogen) atoms. The van der Waals surface area contributed by atoms with Crippen molar-refractivity contribution in [2.45, 2.75) is 24.8 Å². The fourth-order valence-electron chi connectivity index (χ4n) is 3.23. The summed E-state index contributed by atoms with van der Waals surface area (Å²) in [4.78, 5) is 23.1. The van der Waals surface area contributed by atoms with Crippen molar-refractivity contribution >= 4 is 35.0 Å². The molecule has 0 heterocycles. The Morgan fingerprint density at radius 2 is 1.90 bits per heavy atom. The fraction of sp³-hybridized carbons (Fsp3) is 0.429. The van der Waals surface area contributed by atoms with Crippen LogP contribution in [0.15, 0.2) is 18.2 Å². The van der Waals surface area contributed by atoms with Crippen molar-refractivity contribution in [3.8, 4) is 5.75 Å². The average Bonchev–Trinajstić information content (AvgIpc) is 2.33. The molecule has 3 saturated carbocycles. The summed E-state index contributed by atoms with van der Waals surface area (Å²) in [5.74, 6) is -0.0183. The Labute approximate surface area is 131 Å². The second kappa shape index (κ2) is 4.78. The lowest BCUT2D eigenvalue weighted by molar-refractivity contribution is -0.180. The molecule has 2 bridgehead atoms. The van der Waals surface area contributed by atoms with Crippen LogP contribution in [0.1, 0.15) is 19.3 Å². The van der Waals surface area contributed by atoms with Gasteiger partial charge in [0.25, 0.3) is 5.91 Å². The van der Waals surface area contributed by atoms with Gasteiger partial charge in [0.1, 0.15) is 5.75 Å². The van der Waals surface area contributed by atoms with Crippen LogP contribution >= 0.6 is 23.2 Å². The van der Waals surface area contributed by atoms with Crippen molar-refractivity contribution in [3.63, 3.8) is 0 Å². The van der Waals surface area contributed by atoms with Crippen molar-refractivity contribution in [3.05, 3.63) is 28.2 Å². The summed E-state index contributed by atoms with van der Waals surface area (Å²) in [6.07, 6.45) is 1.90. The van der Waals surface area contributed by atoms with Crippen LogP contribution in [0.3, 0.4) is 0 Å². The highest BCUT2D eigenvalue weighted by Gasteiger charge is 2.71. The topological polar surface area (TPSA) is 81.4 Å². The predicted molar refractivity (Wildman–Crippen MR) is 78.3 cm³/mol. The summed E-state index contributed by atoms with van der Waals surface area (Å²) >= 11 is 11.7. The molecule has 3 aliphatic carbocycles. The summed E-state index contributed by atoms with van der Waals surface area (Å²) in [5.41, 5.74) is 4.69. The SMILES string of the molecule is NC(=O)C12CC(NC(=O)COc3ccc(Cl)c(Cl)c3)(C1)C2. The first-order valence-corrected chi connectivity index (χ1v) is 7.29. The molecule has 5 nitrogen and oxygen atoms in total. The minimum absolute atomic E-state index is 0.108. The van der Waals surface area contributed by atoms with Gasteiger partial charge in [0, 0.05) is 11.6 Å². The van der Waals surface area contributed by atoms with E-state index in [-0.39, 0.29) is 29.4 Å². The van der Waals surface area contributed by atoms with Crippen LogP contribution in [0.25, 0.3) is 0 Å². The van der Waals surface area contributed by atoms with Crippen molar-refractivity contribution in [1.29, 1.82) is 0 Å². The first kappa shape index (κ1) is 14.5. The van der Waals surface area contributed by atoms with Crippen molar-refractivity contribution in [2.75, 3.05) is 6.61 Å². The number of ether oxygens (including phenoxy) is 1. The van der Waals surface area contributed by atoms with Gasteiger partial charge in [-0.15, -0.1) is 0 Å². The van der Waals surface area contributed by atoms with Gasteiger partial charge in [-0.05, 0) is 31.4 Å². The Bertz CT molecular complexity index is 613. The number of nitrogens with two attached hydrogens (primary N) is 1. The van der Waals surface area contributed by atoms with Crippen LogP contribution in [-0.2, 0) is 9.59 Å². The van der Waals surface area contributed by atoms with E-state index in [0.29, 0.717) is 35.1 Å². The summed E-state index contributed by atoms with van der Waals surface area (Å²) in [7, 11) is 0. The van der Waals surface area contributed by atoms with Crippen LogP contribution in [0.4, 0.5) is 0 Å². The number of benzene rings is 1. The van der Waals surface area contributed by atoms with Crippen molar-refractivity contribution in [2.24, 2.45) is 11.1 Å². The highest BCUT2D eigenvalue weighted by Crippen LogP contribution is 2.66. The molecule has 3 N–H and O–H groups in total. The third-order valence-electron chi connectivity index (χ3n) is 4.22. The first-order valence-electron chi connectivity index (χ1n) is 6.53. The standard InChI is InChI=1S/C14H14Cl2N2O3/c15-9-2-1-8(3-10(9)16)21-4-11(19)18-14-5-13(6-14,7-14)12(17)20/h1-3H,4-7H2,(H2,17,20)(H,18,19). The van der Waals surface area contributed by atoms with Gasteiger partial charge >= 0.3 is 0 Å². The third-order valence-corrected chi connectivity index (χ3v) is 4.96. The molecule has 1 aromatic carbocycles. The van der Waals surface area contributed by atoms with Crippen LogP contribution < -0.4 is 15.8 Å². The predicted octanol–water partition coefficient (Wildman–Crippen LogP) is 1.90. The van der Waals surface area contributed by atoms with Gasteiger partial charge in [0.2, 0.25) is 5.91 Å². The van der Waals surface area contributed by atoms with E-state index in [1.54, 1.807) is 18.2 Å². The van der Waals surface area contributed by atoms with Crippen LogP contribution in [0.5, 0.6) is 5.75 Å². The molecule has 3 aliphatic rings. The van der Waals surface area contributed by atoms with E-state index in [0.717, 1.165) is 0 Å². The Balaban J connectivity index is 1.48. The van der Waals surface area contributed by atoms with Gasteiger partial charge in [0.05, 0.1) is 15.5 Å². The maximum Gasteiger partial charge on any atom is 0.258 e. The lowest BCUT2D eigenvalue weighted by atomic mass is 9.39. The summed E-state index contributed by atoms with van der Waals surface area (Å²) in [6.45, 7) is -0.108. The second-order valence-electron chi connectivity index (χ2n) is 5.87. The molecule has 0 radical (unpaired) electrons. The molecule has 0 aromatic heterocycles. The maximum absolute atomic E-state index is 11.9. The lowest BCUT2D eigenvalue weighted by Gasteiger charge is -2.68. The van der Waals surface area contributed by atoms with Crippen LogP contribution in [0, 0.1) is 5.41 Å². The van der Waals surface area contributed by atoms with Crippen molar-refractivity contribution < 1.29 is 14.3 Å². The Hall–Kier alpha value is -1.46. The smallest absolute Gasteiger partial charge is 0.258 e. The summed E-state index contributed by atoms with van der Waals surface area (Å²) in [6, 6.07) is 4.81. The number of primary amides is 1. The zero-order valence-electron chi connectivity index (χ0n) is 11.1. The number of hydrogen-bond donors (Lipinski definition) is 2. The number of halogens is 2. The maximum atomic E-state index is 11.9. The van der Waals surface area contributed by atoms with E-state index >= 15 is 0 Å². The number of carbonyl (C=O) groups is 2. The molecule has 0 saturated heterocycles. The van der Waals surface area contributed by atoms with Gasteiger partial charge < -0.3 is 15.8 Å². The molecular weight excluding hydrogens is 315 g/mol. The lowest BCUT2D eigenvalue weighted by Crippen LogP contribution is -2.78. The number of nitrogens with one attached hydrogen (secondary N) is 1. The van der Waals surface area contributed by atoms with Crippen LogP contribution in [0.2, 0.25) is 10.0 Å². The van der Waals surface area contributed by atoms with E-state index in [1.807, 2.05) is 0 Å². The van der Waals surface area contributed by atoms with Gasteiger partial charge in [-0.1, -0.05) is 23.2 Å². The Morgan fingerprint density at radius 1 is 1.24 bits per heavy atom. The van der Waals surface area contributed by atoms with Gasteiger partial charge in [-0.2, -0.15) is 0 Å². The minimum atomic E-state index is -0.377. The molecule has 7 heteroatoms. The molecule has 0 spiro atoms. The molecule has 3 fully saturated rings. The summed E-state index contributed by atoms with van der Waals surface area (Å²) < 4.78 is 5.36. The van der Waals surface area contributed by atoms with Crippen LogP contribution in [-0.4, -0.2) is 24.0 Å². The molecule has 0 atom stereocenters. The molecule has 1 aromatic rings. The molecule has 0 unspecified atom stereocenters. The van der Waals surface area contributed by atoms with E-state index in [2.05, 4.69) is 5.32 Å². The van der Waals surface area contributed by atoms with E-state index in [1.165, 1.54) is 0 Å². The third kappa shape index (κ3) is 2.45. The van der Waals surface area contributed by atoms with E-state index in [9.17, 15) is 9.59 Å². The first-order chi connectivity index (χ1) is 9.84. The minimum Gasteiger partial charge on any atom is -0.484 e. The Kier molecular flexibility index (Phi) is 3.30. The highest BCUT2D eigenvalue weighted by atomic mass is 35.5. The largest absolute Gasteiger partial charge is 0.484 e. The molecule has 2 amide bonds. The Morgan fingerprint density at radius 3 is 2.48 bits per heavy atom. The van der Waals surface area contributed by atoms with E-state index in [4.69, 9.17) is 33.7 Å². The molecule has 4 rings (SSSR count). The molecule has 112 valence electrons. The zero-order valence-corrected chi connectivity index (χ0v) is 12.6. The molecule has 0 aliphatic heterocycles. The number of amides is 2. The quantitative estimate of drug-likeness (QED) is 0.866. The highest BCUT2D eigenvalue weighted by molar-refractivity contribution is 6.42. The van der Waals surface area contributed by atoms with Crippen molar-refractivity contribution in [1.82, 2.24) is 5.32 Å². The number of hydrogen-bond acceptors (Lipinski definition) is 3. The average molecular weight is 329 g/mol. The second-order valence-corrected chi connectivity index (χ2v) is 6.68. The van der Waals surface area contributed by atoms with Gasteiger partial charge in [-0.3, -0.25) is 9.59 Å². The van der Waals surface area contributed by atoms with Gasteiger partial charge in [0.15, 0.2) is 6.61 Å². The number of rotatable bonds is 5. The number of carbonyl (C=O) groups excluding carboxylic acids is 2. The van der Waals surface area contributed by atoms with Gasteiger partial charge in [-0.25, -0.2) is 0 Å². The summed E-state index contributed by atoms with van der Waals surface area (Å²) in [5, 5.41) is 3.71. The fourth-order valence-corrected chi connectivity index (χ4v) is 3.52. The van der Waals surface area contributed by atoms with E-state index < -0.39 is 0 Å². The monoisotopic (exact) mass is 328 g/mol. The molecular formula is C14H14Cl2N2O3. The zero-order chi connectivity index (χ0) is 15.3. The normalized spacial score (nSPS) is 29.0.